The Hall–Kier alpha value is -3.48. The van der Waals surface area contributed by atoms with Gasteiger partial charge in [0.2, 0.25) is 5.95 Å². The standard InChI is InChI=1S/C33H40ClFN6O4S/c1-33(2,3)45-32(43)36-20-10-12-46(44,13-11-20)39-30-25-16-26(34)27(24-15-22(42)14-19-8-6-7-9-23(19)24)28(35)29(25)37-31(38-30)41-17-21(18-41)40(4)5/h6-9,14,16,20-21,24,42H,10-13,15,17-18H2,1-5H3,(H,36,43). The second kappa shape index (κ2) is 12.3. The van der Waals surface area contributed by atoms with Gasteiger partial charge in [-0.15, -0.1) is 0 Å². The number of carbonyl (C=O) groups is 1. The van der Waals surface area contributed by atoms with Crippen molar-refractivity contribution in [3.63, 3.8) is 0 Å². The number of aliphatic hydroxyl groups excluding tert-OH is 1. The van der Waals surface area contributed by atoms with E-state index in [4.69, 9.17) is 25.7 Å². The van der Waals surface area contributed by atoms with Crippen LogP contribution in [0.1, 0.15) is 62.6 Å². The van der Waals surface area contributed by atoms with Crippen molar-refractivity contribution in [3.8, 4) is 0 Å². The fourth-order valence-electron chi connectivity index (χ4n) is 6.20. The summed E-state index contributed by atoms with van der Waals surface area (Å²) < 4.78 is 40.9. The van der Waals surface area contributed by atoms with E-state index in [1.165, 1.54) is 0 Å². The van der Waals surface area contributed by atoms with Gasteiger partial charge in [-0.2, -0.15) is 9.35 Å². The molecule has 2 saturated heterocycles. The number of rotatable bonds is 5. The van der Waals surface area contributed by atoms with E-state index in [1.54, 1.807) is 32.9 Å². The maximum absolute atomic E-state index is 16.8. The van der Waals surface area contributed by atoms with E-state index in [0.29, 0.717) is 37.9 Å². The van der Waals surface area contributed by atoms with Crippen LogP contribution in [0.4, 0.5) is 21.0 Å². The van der Waals surface area contributed by atoms with Gasteiger partial charge in [0.15, 0.2) is 11.6 Å². The average Bonchev–Trinajstić information content (AvgIpc) is 2.93. The third-order valence-electron chi connectivity index (χ3n) is 8.76. The molecule has 0 saturated carbocycles. The van der Waals surface area contributed by atoms with Gasteiger partial charge in [-0.25, -0.2) is 18.4 Å². The fraction of sp³-hybridized carbons (Fsp3) is 0.485. The number of anilines is 1. The van der Waals surface area contributed by atoms with Gasteiger partial charge in [-0.05, 0) is 71.0 Å². The molecule has 3 heterocycles. The highest BCUT2D eigenvalue weighted by atomic mass is 35.5. The average molecular weight is 671 g/mol. The number of allylic oxidation sites excluding steroid dienone is 1. The van der Waals surface area contributed by atoms with Gasteiger partial charge in [0.1, 0.15) is 11.1 Å². The molecule has 0 radical (unpaired) electrons. The third kappa shape index (κ3) is 6.65. The number of benzene rings is 2. The summed E-state index contributed by atoms with van der Waals surface area (Å²) in [6.45, 7) is 6.71. The Labute approximate surface area is 274 Å². The van der Waals surface area contributed by atoms with Crippen molar-refractivity contribution in [1.82, 2.24) is 20.2 Å². The van der Waals surface area contributed by atoms with Crippen molar-refractivity contribution in [2.24, 2.45) is 4.36 Å². The van der Waals surface area contributed by atoms with E-state index in [2.05, 4.69) is 15.2 Å². The number of amides is 1. The van der Waals surface area contributed by atoms with Crippen molar-refractivity contribution in [2.75, 3.05) is 43.6 Å². The Morgan fingerprint density at radius 1 is 1.20 bits per heavy atom. The highest BCUT2D eigenvalue weighted by Gasteiger charge is 2.34. The van der Waals surface area contributed by atoms with Crippen LogP contribution >= 0.6 is 11.6 Å². The smallest absolute Gasteiger partial charge is 0.407 e. The van der Waals surface area contributed by atoms with Crippen molar-refractivity contribution in [1.29, 1.82) is 0 Å². The van der Waals surface area contributed by atoms with Crippen molar-refractivity contribution in [3.05, 3.63) is 63.6 Å². The molecule has 1 atom stereocenters. The summed E-state index contributed by atoms with van der Waals surface area (Å²) in [6, 6.07) is 9.24. The molecule has 1 aromatic heterocycles. The number of alkyl carbamates (subject to hydrolysis) is 1. The highest BCUT2D eigenvalue weighted by molar-refractivity contribution is 7.93. The van der Waals surface area contributed by atoms with Gasteiger partial charge >= 0.3 is 6.09 Å². The molecule has 2 aromatic carbocycles. The molecule has 0 bridgehead atoms. The second-order valence-electron chi connectivity index (χ2n) is 13.6. The maximum Gasteiger partial charge on any atom is 0.407 e. The van der Waals surface area contributed by atoms with E-state index < -0.39 is 33.2 Å². The zero-order valence-corrected chi connectivity index (χ0v) is 28.3. The predicted octanol–water partition coefficient (Wildman–Crippen LogP) is 6.39. The number of aliphatic hydroxyl groups is 1. The number of aromatic nitrogens is 2. The van der Waals surface area contributed by atoms with Crippen molar-refractivity contribution in [2.45, 2.75) is 63.6 Å². The summed E-state index contributed by atoms with van der Waals surface area (Å²) in [5, 5.41) is 13.9. The van der Waals surface area contributed by atoms with Crippen LogP contribution < -0.4 is 10.2 Å². The van der Waals surface area contributed by atoms with E-state index in [9.17, 15) is 14.1 Å². The Bertz CT molecular complexity index is 1830. The van der Waals surface area contributed by atoms with Crippen LogP contribution in [-0.2, 0) is 14.5 Å². The van der Waals surface area contributed by atoms with E-state index in [-0.39, 0.29) is 57.0 Å². The number of hydrogen-bond acceptors (Lipinski definition) is 9. The van der Waals surface area contributed by atoms with Gasteiger partial charge in [-0.3, -0.25) is 0 Å². The molecule has 2 aliphatic heterocycles. The van der Waals surface area contributed by atoms with Crippen LogP contribution in [-0.4, -0.2) is 86.7 Å². The van der Waals surface area contributed by atoms with Gasteiger partial charge in [0.05, 0.1) is 20.9 Å². The molecule has 1 amide bonds. The molecular formula is C33H40ClFN6O4S. The minimum atomic E-state index is -2.79. The van der Waals surface area contributed by atoms with E-state index in [0.717, 1.165) is 11.1 Å². The molecule has 246 valence electrons. The monoisotopic (exact) mass is 670 g/mol. The molecule has 0 spiro atoms. The summed E-state index contributed by atoms with van der Waals surface area (Å²) in [4.78, 5) is 25.8. The SMILES string of the molecule is CN(C)C1CN(c2nc(N=S3(=O)CCC(NC(=O)OC(C)(C)C)CC3)c3cc(Cl)c(C4CC(O)=Cc5ccccc54)c(F)c3n2)C1. The molecule has 2 N–H and O–H groups in total. The number of likely N-dealkylation sites (N-methyl/N-ethyl adjacent to an activating group) is 1. The minimum absolute atomic E-state index is 0.0475. The first-order chi connectivity index (χ1) is 21.7. The summed E-state index contributed by atoms with van der Waals surface area (Å²) in [6.07, 6.45) is 2.27. The van der Waals surface area contributed by atoms with Crippen molar-refractivity contribution >= 4 is 56.2 Å². The van der Waals surface area contributed by atoms with Crippen LogP contribution in [0.25, 0.3) is 17.0 Å². The molecule has 1 unspecified atom stereocenters. The van der Waals surface area contributed by atoms with Crippen LogP contribution in [0.2, 0.25) is 5.02 Å². The first-order valence-electron chi connectivity index (χ1n) is 15.5. The lowest BCUT2D eigenvalue weighted by molar-refractivity contribution is 0.0501. The van der Waals surface area contributed by atoms with Crippen LogP contribution in [0, 0.1) is 5.82 Å². The Morgan fingerprint density at radius 2 is 1.89 bits per heavy atom. The minimum Gasteiger partial charge on any atom is -0.512 e. The van der Waals surface area contributed by atoms with Crippen LogP contribution in [0.3, 0.4) is 0 Å². The van der Waals surface area contributed by atoms with E-state index in [1.807, 2.05) is 43.3 Å². The molecule has 3 aliphatic rings. The molecule has 13 heteroatoms. The first kappa shape index (κ1) is 32.5. The predicted molar refractivity (Wildman–Crippen MR) is 180 cm³/mol. The Balaban J connectivity index is 1.39. The van der Waals surface area contributed by atoms with Gasteiger partial charge in [0, 0.05) is 59.6 Å². The zero-order chi connectivity index (χ0) is 33.0. The molecule has 10 nitrogen and oxygen atoms in total. The maximum atomic E-state index is 16.8. The first-order valence-corrected chi connectivity index (χ1v) is 17.7. The normalized spacial score (nSPS) is 23.5. The molecule has 1 aliphatic carbocycles. The summed E-state index contributed by atoms with van der Waals surface area (Å²) in [5.74, 6) is -0.0750. The molecule has 46 heavy (non-hydrogen) atoms. The van der Waals surface area contributed by atoms with Crippen LogP contribution in [0.15, 0.2) is 40.5 Å². The van der Waals surface area contributed by atoms with Crippen molar-refractivity contribution < 1.29 is 23.2 Å². The largest absolute Gasteiger partial charge is 0.512 e. The number of hydrogen-bond donors (Lipinski definition) is 2. The lowest BCUT2D eigenvalue weighted by Gasteiger charge is -2.42. The number of carbonyl (C=O) groups excluding carboxylic acids is 1. The van der Waals surface area contributed by atoms with Gasteiger partial charge < -0.3 is 25.0 Å². The molecule has 6 rings (SSSR count). The fourth-order valence-corrected chi connectivity index (χ4v) is 8.67. The molecule has 2 fully saturated rings. The number of fused-ring (bicyclic) bond motifs is 2. The van der Waals surface area contributed by atoms with Crippen LogP contribution in [0.5, 0.6) is 0 Å². The summed E-state index contributed by atoms with van der Waals surface area (Å²) >= 11 is 6.84. The summed E-state index contributed by atoms with van der Waals surface area (Å²) in [5.41, 5.74) is 1.33. The number of ether oxygens (including phenoxy) is 1. The highest BCUT2D eigenvalue weighted by Crippen LogP contribution is 2.44. The molecule has 3 aromatic rings. The quantitative estimate of drug-likeness (QED) is 0.320. The Kier molecular flexibility index (Phi) is 8.66. The zero-order valence-electron chi connectivity index (χ0n) is 26.7. The third-order valence-corrected chi connectivity index (χ3v) is 11.3. The topological polar surface area (TPSA) is 120 Å². The molecular weight excluding hydrogens is 631 g/mol. The second-order valence-corrected chi connectivity index (χ2v) is 16.5. The number of halogens is 2. The lowest BCUT2D eigenvalue weighted by atomic mass is 9.81. The van der Waals surface area contributed by atoms with E-state index >= 15 is 4.39 Å². The van der Waals surface area contributed by atoms with Gasteiger partial charge in [-0.1, -0.05) is 35.9 Å². The number of nitrogens with zero attached hydrogens (tertiary/aromatic N) is 5. The lowest BCUT2D eigenvalue weighted by Crippen LogP contribution is -2.58. The van der Waals surface area contributed by atoms with Gasteiger partial charge in [0.25, 0.3) is 0 Å². The summed E-state index contributed by atoms with van der Waals surface area (Å²) in [7, 11) is 1.22. The number of nitrogens with one attached hydrogen (secondary N) is 1. The Morgan fingerprint density at radius 3 is 2.57 bits per heavy atom.